The van der Waals surface area contributed by atoms with E-state index in [-0.39, 0.29) is 11.6 Å². The first-order valence-corrected chi connectivity index (χ1v) is 11.6. The molecule has 3 heterocycles. The van der Waals surface area contributed by atoms with Gasteiger partial charge in [-0.15, -0.1) is 0 Å². The van der Waals surface area contributed by atoms with E-state index in [9.17, 15) is 22.8 Å². The third-order valence-electron chi connectivity index (χ3n) is 5.79. The number of benzene rings is 2. The van der Waals surface area contributed by atoms with Crippen LogP contribution in [0.2, 0.25) is 0 Å². The molecule has 7 nitrogen and oxygen atoms in total. The van der Waals surface area contributed by atoms with E-state index >= 15 is 0 Å². The zero-order chi connectivity index (χ0) is 25.6. The van der Waals surface area contributed by atoms with Gasteiger partial charge in [0, 0.05) is 22.0 Å². The van der Waals surface area contributed by atoms with Crippen LogP contribution in [0.5, 0.6) is 0 Å². The highest BCUT2D eigenvalue weighted by Crippen LogP contribution is 2.31. The van der Waals surface area contributed by atoms with Gasteiger partial charge in [-0.2, -0.15) is 17.5 Å². The molecule has 11 heteroatoms. The Morgan fingerprint density at radius 2 is 1.83 bits per heavy atom. The summed E-state index contributed by atoms with van der Waals surface area (Å²) in [6, 6.07) is 13.8. The molecule has 0 aliphatic rings. The van der Waals surface area contributed by atoms with Gasteiger partial charge in [0.25, 0.3) is 11.5 Å². The fourth-order valence-corrected chi connectivity index (χ4v) is 4.67. The Morgan fingerprint density at radius 1 is 1.08 bits per heavy atom. The monoisotopic (exact) mass is 509 g/mol. The number of nitrogens with two attached hydrogens (primary N) is 1. The summed E-state index contributed by atoms with van der Waals surface area (Å²) in [6.45, 7) is 1.78. The number of carbonyl (C=O) groups excluding carboxylic acids is 1. The Hall–Kier alpha value is -4.25. The maximum atomic E-state index is 13.2. The number of halogens is 3. The van der Waals surface area contributed by atoms with Crippen LogP contribution in [0.1, 0.15) is 34.6 Å². The fourth-order valence-electron chi connectivity index (χ4n) is 3.99. The van der Waals surface area contributed by atoms with Crippen molar-refractivity contribution in [1.82, 2.24) is 19.2 Å². The maximum Gasteiger partial charge on any atom is 0.416 e. The van der Waals surface area contributed by atoms with Crippen LogP contribution in [-0.4, -0.2) is 19.8 Å². The van der Waals surface area contributed by atoms with Crippen LogP contribution < -0.4 is 16.6 Å². The molecule has 3 N–H and O–H groups in total. The van der Waals surface area contributed by atoms with Crippen LogP contribution in [0.3, 0.4) is 0 Å². The number of hydrogen-bond donors (Lipinski definition) is 2. The van der Waals surface area contributed by atoms with Gasteiger partial charge in [-0.3, -0.25) is 14.2 Å². The number of fused-ring (bicyclic) bond motifs is 3. The van der Waals surface area contributed by atoms with Gasteiger partial charge in [-0.1, -0.05) is 6.07 Å². The first-order chi connectivity index (χ1) is 17.1. The second-order valence-electron chi connectivity index (χ2n) is 8.18. The number of amides is 1. The van der Waals surface area contributed by atoms with E-state index in [1.807, 2.05) is 0 Å². The van der Waals surface area contributed by atoms with Crippen molar-refractivity contribution < 1.29 is 18.0 Å². The SMILES string of the molecule is C[C@H](NC(=O)c1ccc2c(c1)c1nscc1c(=O)n2-c1ccc(C(F)(F)F)cc1)c1cccc(N)n1. The average Bonchev–Trinajstić information content (AvgIpc) is 3.34. The highest BCUT2D eigenvalue weighted by Gasteiger charge is 2.30. The van der Waals surface area contributed by atoms with Gasteiger partial charge >= 0.3 is 6.18 Å². The molecule has 36 heavy (non-hydrogen) atoms. The number of alkyl halides is 3. The van der Waals surface area contributed by atoms with Crippen molar-refractivity contribution in [3.63, 3.8) is 0 Å². The van der Waals surface area contributed by atoms with Crippen molar-refractivity contribution >= 4 is 45.1 Å². The molecule has 0 saturated carbocycles. The van der Waals surface area contributed by atoms with Crippen LogP contribution in [0.4, 0.5) is 19.0 Å². The molecule has 2 aromatic carbocycles. The second kappa shape index (κ2) is 8.76. The third-order valence-corrected chi connectivity index (χ3v) is 6.42. The van der Waals surface area contributed by atoms with Crippen LogP contribution >= 0.6 is 11.5 Å². The molecule has 5 rings (SSSR count). The quantitative estimate of drug-likeness (QED) is 0.351. The number of hydrogen-bond acceptors (Lipinski definition) is 6. The van der Waals surface area contributed by atoms with Gasteiger partial charge in [0.15, 0.2) is 0 Å². The van der Waals surface area contributed by atoms with Crippen LogP contribution in [0, 0.1) is 0 Å². The Balaban J connectivity index is 1.59. The van der Waals surface area contributed by atoms with Crippen molar-refractivity contribution in [2.24, 2.45) is 0 Å². The average molecular weight is 510 g/mol. The smallest absolute Gasteiger partial charge is 0.384 e. The number of carbonyl (C=O) groups is 1. The molecule has 0 aliphatic carbocycles. The summed E-state index contributed by atoms with van der Waals surface area (Å²) in [4.78, 5) is 30.5. The first-order valence-electron chi connectivity index (χ1n) is 10.8. The molecule has 1 atom stereocenters. The molecule has 0 unspecified atom stereocenters. The van der Waals surface area contributed by atoms with Crippen molar-refractivity contribution in [1.29, 1.82) is 0 Å². The molecule has 5 aromatic rings. The minimum absolute atomic E-state index is 0.268. The van der Waals surface area contributed by atoms with E-state index in [0.717, 1.165) is 23.7 Å². The molecule has 0 radical (unpaired) electrons. The van der Waals surface area contributed by atoms with Gasteiger partial charge in [0.05, 0.1) is 33.7 Å². The summed E-state index contributed by atoms with van der Waals surface area (Å²) in [5.74, 6) is -0.0317. The number of nitrogens with zero attached hydrogens (tertiary/aromatic N) is 3. The molecule has 0 bridgehead atoms. The summed E-state index contributed by atoms with van der Waals surface area (Å²) in [5, 5.41) is 5.28. The van der Waals surface area contributed by atoms with E-state index in [4.69, 9.17) is 5.73 Å². The Kier molecular flexibility index (Phi) is 5.71. The normalized spacial score (nSPS) is 12.7. The van der Waals surface area contributed by atoms with Gasteiger partial charge in [-0.25, -0.2) is 4.98 Å². The molecule has 0 saturated heterocycles. The predicted molar refractivity (Wildman–Crippen MR) is 132 cm³/mol. The molecule has 182 valence electrons. The number of aromatic nitrogens is 3. The number of pyridine rings is 2. The summed E-state index contributed by atoms with van der Waals surface area (Å²) in [7, 11) is 0. The lowest BCUT2D eigenvalue weighted by atomic mass is 10.1. The van der Waals surface area contributed by atoms with E-state index in [1.165, 1.54) is 16.7 Å². The van der Waals surface area contributed by atoms with Gasteiger partial charge in [0.2, 0.25) is 0 Å². The number of rotatable bonds is 4. The summed E-state index contributed by atoms with van der Waals surface area (Å²) >= 11 is 1.08. The predicted octanol–water partition coefficient (Wildman–Crippen LogP) is 5.09. The lowest BCUT2D eigenvalue weighted by molar-refractivity contribution is -0.137. The summed E-state index contributed by atoms with van der Waals surface area (Å²) in [6.07, 6.45) is -4.49. The Bertz CT molecular complexity index is 1680. The number of nitrogen functional groups attached to an aromatic ring is 1. The zero-order valence-corrected chi connectivity index (χ0v) is 19.5. The molecule has 3 aromatic heterocycles. The van der Waals surface area contributed by atoms with Gasteiger partial charge < -0.3 is 11.1 Å². The Labute approximate surface area is 206 Å². The largest absolute Gasteiger partial charge is 0.416 e. The summed E-state index contributed by atoms with van der Waals surface area (Å²) in [5.41, 5.74) is 6.53. The van der Waals surface area contributed by atoms with E-state index in [0.29, 0.717) is 38.9 Å². The standard InChI is InChI=1S/C25H18F3N5O2S/c1-13(19-3-2-4-21(29)31-19)30-23(34)14-5-10-20-17(11-14)22-18(12-36-32-22)24(35)33(20)16-8-6-15(7-9-16)25(26,27)28/h2-13H,1H3,(H2,29,31)(H,30,34)/t13-/m0/s1. The number of anilines is 1. The molecule has 0 aliphatic heterocycles. The minimum atomic E-state index is -4.49. The first kappa shape index (κ1) is 23.5. The van der Waals surface area contributed by atoms with E-state index in [2.05, 4.69) is 14.7 Å². The van der Waals surface area contributed by atoms with E-state index in [1.54, 1.807) is 48.7 Å². The van der Waals surface area contributed by atoms with Gasteiger partial charge in [0.1, 0.15) is 5.82 Å². The molecule has 1 amide bonds. The molecule has 0 spiro atoms. The fraction of sp³-hybridized carbons (Fsp3) is 0.120. The Morgan fingerprint density at radius 3 is 2.53 bits per heavy atom. The lowest BCUT2D eigenvalue weighted by Crippen LogP contribution is -2.27. The molecular formula is C25H18F3N5O2S. The molecule has 0 fully saturated rings. The van der Waals surface area contributed by atoms with E-state index < -0.39 is 23.3 Å². The summed E-state index contributed by atoms with van der Waals surface area (Å²) < 4.78 is 44.8. The molecular weight excluding hydrogens is 491 g/mol. The van der Waals surface area contributed by atoms with Crippen molar-refractivity contribution in [2.75, 3.05) is 5.73 Å². The van der Waals surface area contributed by atoms with Gasteiger partial charge in [-0.05, 0) is 73.1 Å². The second-order valence-corrected chi connectivity index (χ2v) is 8.81. The third kappa shape index (κ3) is 4.17. The number of nitrogens with one attached hydrogen (secondary N) is 1. The van der Waals surface area contributed by atoms with Crippen LogP contribution in [-0.2, 0) is 6.18 Å². The van der Waals surface area contributed by atoms with Crippen LogP contribution in [0.15, 0.2) is 70.8 Å². The topological polar surface area (TPSA) is 103 Å². The van der Waals surface area contributed by atoms with Crippen molar-refractivity contribution in [3.05, 3.63) is 93.2 Å². The minimum Gasteiger partial charge on any atom is -0.384 e. The van der Waals surface area contributed by atoms with Crippen molar-refractivity contribution in [2.45, 2.75) is 19.1 Å². The lowest BCUT2D eigenvalue weighted by Gasteiger charge is -2.16. The highest BCUT2D eigenvalue weighted by molar-refractivity contribution is 7.04. The zero-order valence-electron chi connectivity index (χ0n) is 18.7. The van der Waals surface area contributed by atoms with Crippen molar-refractivity contribution in [3.8, 4) is 5.69 Å². The maximum absolute atomic E-state index is 13.2. The highest BCUT2D eigenvalue weighted by atomic mass is 32.1. The van der Waals surface area contributed by atoms with Crippen LogP contribution in [0.25, 0.3) is 27.5 Å².